The highest BCUT2D eigenvalue weighted by atomic mass is 32.2. The summed E-state index contributed by atoms with van der Waals surface area (Å²) in [6.45, 7) is 1.16. The van der Waals surface area contributed by atoms with Gasteiger partial charge in [-0.15, -0.1) is 0 Å². The largest absolute Gasteiger partial charge is 0.492 e. The van der Waals surface area contributed by atoms with Crippen molar-refractivity contribution in [3.8, 4) is 5.75 Å². The molecule has 6 heteroatoms. The zero-order valence-corrected chi connectivity index (χ0v) is 11.7. The average Bonchev–Trinajstić information content (AvgIpc) is 2.40. The predicted octanol–water partition coefficient (Wildman–Crippen LogP) is 0.818. The molecule has 0 aromatic heterocycles. The summed E-state index contributed by atoms with van der Waals surface area (Å²) in [6, 6.07) is 9.17. The number of benzene rings is 1. The summed E-state index contributed by atoms with van der Waals surface area (Å²) < 4.78 is 31.1. The molecule has 1 aromatic carbocycles. The van der Waals surface area contributed by atoms with E-state index in [0.717, 1.165) is 12.8 Å². The Kier molecular flexibility index (Phi) is 4.79. The van der Waals surface area contributed by atoms with E-state index in [9.17, 15) is 8.42 Å². The van der Waals surface area contributed by atoms with Crippen LogP contribution >= 0.6 is 0 Å². The third-order valence-electron chi connectivity index (χ3n) is 3.17. The molecule has 0 bridgehead atoms. The molecule has 1 aromatic rings. The number of sulfonamides is 1. The number of para-hydroxylation sites is 1. The second-order valence-electron chi connectivity index (χ2n) is 4.74. The SMILES string of the molecule is N[C@H]1CCCN(S(=O)(=O)CCOc2ccccc2)C1. The highest BCUT2D eigenvalue weighted by molar-refractivity contribution is 7.89. The molecule has 1 saturated heterocycles. The Balaban J connectivity index is 1.84. The summed E-state index contributed by atoms with van der Waals surface area (Å²) in [5, 5.41) is 0. The zero-order chi connectivity index (χ0) is 13.7. The summed E-state index contributed by atoms with van der Waals surface area (Å²) in [4.78, 5) is 0. The van der Waals surface area contributed by atoms with Crippen LogP contribution in [0.4, 0.5) is 0 Å². The van der Waals surface area contributed by atoms with Crippen molar-refractivity contribution in [2.24, 2.45) is 5.73 Å². The van der Waals surface area contributed by atoms with Gasteiger partial charge in [0.15, 0.2) is 0 Å². The molecule has 0 saturated carbocycles. The van der Waals surface area contributed by atoms with Crippen LogP contribution in [0.3, 0.4) is 0 Å². The van der Waals surface area contributed by atoms with Gasteiger partial charge in [-0.2, -0.15) is 0 Å². The van der Waals surface area contributed by atoms with E-state index >= 15 is 0 Å². The molecule has 2 rings (SSSR count). The number of hydrogen-bond acceptors (Lipinski definition) is 4. The highest BCUT2D eigenvalue weighted by Gasteiger charge is 2.26. The van der Waals surface area contributed by atoms with Gasteiger partial charge in [0, 0.05) is 19.1 Å². The van der Waals surface area contributed by atoms with Gasteiger partial charge in [-0.3, -0.25) is 0 Å². The molecule has 0 spiro atoms. The van der Waals surface area contributed by atoms with Gasteiger partial charge in [0.05, 0.1) is 5.75 Å². The lowest BCUT2D eigenvalue weighted by Crippen LogP contribution is -2.46. The van der Waals surface area contributed by atoms with Crippen LogP contribution in [0.1, 0.15) is 12.8 Å². The molecule has 2 N–H and O–H groups in total. The van der Waals surface area contributed by atoms with Gasteiger partial charge in [-0.25, -0.2) is 12.7 Å². The topological polar surface area (TPSA) is 72.6 Å². The zero-order valence-electron chi connectivity index (χ0n) is 10.9. The van der Waals surface area contributed by atoms with Gasteiger partial charge in [-0.05, 0) is 25.0 Å². The highest BCUT2D eigenvalue weighted by Crippen LogP contribution is 2.14. The molecule has 1 atom stereocenters. The molecule has 19 heavy (non-hydrogen) atoms. The van der Waals surface area contributed by atoms with Crippen LogP contribution < -0.4 is 10.5 Å². The van der Waals surface area contributed by atoms with Gasteiger partial charge in [-0.1, -0.05) is 18.2 Å². The molecule has 0 unspecified atom stereocenters. The van der Waals surface area contributed by atoms with Gasteiger partial charge in [0.1, 0.15) is 12.4 Å². The average molecular weight is 284 g/mol. The van der Waals surface area contributed by atoms with E-state index in [-0.39, 0.29) is 18.4 Å². The maximum absolute atomic E-state index is 12.1. The first kappa shape index (κ1) is 14.3. The molecule has 0 radical (unpaired) electrons. The molecular formula is C13H20N2O3S. The summed E-state index contributed by atoms with van der Waals surface area (Å²) in [5.74, 6) is 0.683. The minimum atomic E-state index is -3.26. The van der Waals surface area contributed by atoms with E-state index in [4.69, 9.17) is 10.5 Å². The molecule has 106 valence electrons. The van der Waals surface area contributed by atoms with E-state index in [1.54, 1.807) is 0 Å². The minimum Gasteiger partial charge on any atom is -0.492 e. The Morgan fingerprint density at radius 3 is 2.74 bits per heavy atom. The van der Waals surface area contributed by atoms with Crippen LogP contribution in [0, 0.1) is 0 Å². The molecular weight excluding hydrogens is 264 g/mol. The number of rotatable bonds is 5. The van der Waals surface area contributed by atoms with Crippen LogP contribution in [-0.2, 0) is 10.0 Å². The second kappa shape index (κ2) is 6.36. The summed E-state index contributed by atoms with van der Waals surface area (Å²) in [5.41, 5.74) is 5.80. The number of hydrogen-bond donors (Lipinski definition) is 1. The number of piperidine rings is 1. The monoisotopic (exact) mass is 284 g/mol. The molecule has 1 aliphatic rings. The van der Waals surface area contributed by atoms with Crippen LogP contribution in [0.15, 0.2) is 30.3 Å². The van der Waals surface area contributed by atoms with Crippen LogP contribution in [0.2, 0.25) is 0 Å². The Bertz CT molecular complexity index is 490. The standard InChI is InChI=1S/C13H20N2O3S/c14-12-5-4-8-15(11-12)19(16,17)10-9-18-13-6-2-1-3-7-13/h1-3,6-7,12H,4-5,8-11,14H2/t12-/m0/s1. The molecule has 0 amide bonds. The van der Waals surface area contributed by atoms with Crippen molar-refractivity contribution in [1.29, 1.82) is 0 Å². The normalized spacial score (nSPS) is 21.2. The quantitative estimate of drug-likeness (QED) is 0.869. The molecule has 1 fully saturated rings. The summed E-state index contributed by atoms with van der Waals surface area (Å²) in [7, 11) is -3.26. The first-order chi connectivity index (χ1) is 9.08. The van der Waals surface area contributed by atoms with E-state index in [2.05, 4.69) is 0 Å². The fourth-order valence-electron chi connectivity index (χ4n) is 2.14. The first-order valence-corrected chi connectivity index (χ1v) is 8.10. The van der Waals surface area contributed by atoms with Crippen LogP contribution in [-0.4, -0.2) is 44.2 Å². The van der Waals surface area contributed by atoms with Crippen molar-refractivity contribution in [2.75, 3.05) is 25.4 Å². The van der Waals surface area contributed by atoms with E-state index in [1.165, 1.54) is 4.31 Å². The van der Waals surface area contributed by atoms with Crippen molar-refractivity contribution in [3.63, 3.8) is 0 Å². The Hall–Kier alpha value is -1.11. The van der Waals surface area contributed by atoms with Gasteiger partial charge in [0.2, 0.25) is 10.0 Å². The van der Waals surface area contributed by atoms with Crippen molar-refractivity contribution >= 4 is 10.0 Å². The van der Waals surface area contributed by atoms with Gasteiger partial charge < -0.3 is 10.5 Å². The lowest BCUT2D eigenvalue weighted by molar-refractivity contribution is 0.305. The fraction of sp³-hybridized carbons (Fsp3) is 0.538. The smallest absolute Gasteiger partial charge is 0.217 e. The maximum Gasteiger partial charge on any atom is 0.217 e. The fourth-order valence-corrected chi connectivity index (χ4v) is 3.52. The number of nitrogens with two attached hydrogens (primary N) is 1. The third kappa shape index (κ3) is 4.19. The Morgan fingerprint density at radius 2 is 2.05 bits per heavy atom. The molecule has 1 heterocycles. The lowest BCUT2D eigenvalue weighted by Gasteiger charge is -2.29. The van der Waals surface area contributed by atoms with Crippen molar-refractivity contribution in [2.45, 2.75) is 18.9 Å². The lowest BCUT2D eigenvalue weighted by atomic mass is 10.1. The van der Waals surface area contributed by atoms with Crippen molar-refractivity contribution < 1.29 is 13.2 Å². The van der Waals surface area contributed by atoms with E-state index in [1.807, 2.05) is 30.3 Å². The van der Waals surface area contributed by atoms with Crippen LogP contribution in [0.25, 0.3) is 0 Å². The summed E-state index contributed by atoms with van der Waals surface area (Å²) >= 11 is 0. The van der Waals surface area contributed by atoms with Gasteiger partial charge in [0.25, 0.3) is 0 Å². The second-order valence-corrected chi connectivity index (χ2v) is 6.83. The molecule has 0 aliphatic carbocycles. The van der Waals surface area contributed by atoms with Crippen LogP contribution in [0.5, 0.6) is 5.75 Å². The number of ether oxygens (including phenoxy) is 1. The summed E-state index contributed by atoms with van der Waals surface area (Å²) in [6.07, 6.45) is 1.73. The first-order valence-electron chi connectivity index (χ1n) is 6.49. The minimum absolute atomic E-state index is 0.00534. The van der Waals surface area contributed by atoms with E-state index in [0.29, 0.717) is 18.8 Å². The molecule has 1 aliphatic heterocycles. The van der Waals surface area contributed by atoms with E-state index < -0.39 is 10.0 Å². The Morgan fingerprint density at radius 1 is 1.32 bits per heavy atom. The predicted molar refractivity (Wildman–Crippen MR) is 74.5 cm³/mol. The number of nitrogens with zero attached hydrogens (tertiary/aromatic N) is 1. The Labute approximate surface area is 114 Å². The van der Waals surface area contributed by atoms with Crippen molar-refractivity contribution in [3.05, 3.63) is 30.3 Å². The third-order valence-corrected chi connectivity index (χ3v) is 4.97. The van der Waals surface area contributed by atoms with Crippen molar-refractivity contribution in [1.82, 2.24) is 4.31 Å². The van der Waals surface area contributed by atoms with Gasteiger partial charge >= 0.3 is 0 Å². The maximum atomic E-state index is 12.1. The molecule has 5 nitrogen and oxygen atoms in total.